The highest BCUT2D eigenvalue weighted by atomic mass is 14.5. The van der Waals surface area contributed by atoms with Crippen LogP contribution in [0, 0.1) is 23.7 Å². The van der Waals surface area contributed by atoms with Gasteiger partial charge >= 0.3 is 0 Å². The van der Waals surface area contributed by atoms with Gasteiger partial charge in [-0.1, -0.05) is 46.5 Å². The van der Waals surface area contributed by atoms with Gasteiger partial charge in [0, 0.05) is 0 Å². The Morgan fingerprint density at radius 2 is 1.53 bits per heavy atom. The normalized spacial score (nSPS) is 36.4. The Morgan fingerprint density at radius 1 is 1.07 bits per heavy atom. The maximum atomic E-state index is 5.82. The van der Waals surface area contributed by atoms with Crippen LogP contribution in [0.5, 0.6) is 0 Å². The fraction of sp³-hybridized carbons (Fsp3) is 1.00. The summed E-state index contributed by atoms with van der Waals surface area (Å²) in [5.74, 6) is 3.41. The van der Waals surface area contributed by atoms with E-state index in [1.807, 2.05) is 0 Å². The van der Waals surface area contributed by atoms with Crippen LogP contribution in [0.1, 0.15) is 59.3 Å². The van der Waals surface area contributed by atoms with Crippen molar-refractivity contribution < 1.29 is 0 Å². The number of rotatable bonds is 2. The van der Waals surface area contributed by atoms with Gasteiger partial charge in [0.25, 0.3) is 0 Å². The first kappa shape index (κ1) is 13.0. The van der Waals surface area contributed by atoms with Crippen LogP contribution < -0.4 is 5.73 Å². The predicted octanol–water partition coefficient (Wildman–Crippen LogP) is 3.82. The van der Waals surface area contributed by atoms with Gasteiger partial charge in [-0.15, -0.1) is 0 Å². The molecule has 0 aromatic heterocycles. The van der Waals surface area contributed by atoms with Gasteiger partial charge in [-0.3, -0.25) is 0 Å². The van der Waals surface area contributed by atoms with E-state index in [1.54, 1.807) is 0 Å². The average molecular weight is 211 g/mol. The van der Waals surface area contributed by atoms with Gasteiger partial charge in [0.1, 0.15) is 0 Å². The molecule has 0 saturated heterocycles. The molecule has 0 bridgehead atoms. The van der Waals surface area contributed by atoms with Crippen molar-refractivity contribution >= 4 is 0 Å². The first-order valence-electron chi connectivity index (χ1n) is 6.83. The largest absolute Gasteiger partial charge is 0.330 e. The van der Waals surface area contributed by atoms with E-state index in [9.17, 15) is 0 Å². The lowest BCUT2D eigenvalue weighted by Gasteiger charge is -2.27. The third-order valence-corrected chi connectivity index (χ3v) is 4.23. The molecule has 1 saturated carbocycles. The molecule has 0 aromatic carbocycles. The van der Waals surface area contributed by atoms with E-state index < -0.39 is 0 Å². The van der Waals surface area contributed by atoms with E-state index in [4.69, 9.17) is 5.73 Å². The van der Waals surface area contributed by atoms with Crippen LogP contribution in [0.25, 0.3) is 0 Å². The van der Waals surface area contributed by atoms with Crippen molar-refractivity contribution in [1.29, 1.82) is 0 Å². The molecule has 90 valence electrons. The van der Waals surface area contributed by atoms with E-state index in [2.05, 4.69) is 20.8 Å². The minimum Gasteiger partial charge on any atom is -0.330 e. The second-order valence-electron chi connectivity index (χ2n) is 5.94. The van der Waals surface area contributed by atoms with Crippen molar-refractivity contribution in [2.75, 3.05) is 6.54 Å². The SMILES string of the molecule is CC1CCCCC(C)CC(C(C)CN)C1. The van der Waals surface area contributed by atoms with Gasteiger partial charge in [0.15, 0.2) is 0 Å². The number of hydrogen-bond donors (Lipinski definition) is 1. The summed E-state index contributed by atoms with van der Waals surface area (Å²) in [7, 11) is 0. The Labute approximate surface area is 95.8 Å². The highest BCUT2D eigenvalue weighted by molar-refractivity contribution is 4.74. The molecule has 1 aliphatic carbocycles. The van der Waals surface area contributed by atoms with Crippen LogP contribution in [-0.4, -0.2) is 6.54 Å². The van der Waals surface area contributed by atoms with Crippen molar-refractivity contribution in [3.05, 3.63) is 0 Å². The Balaban J connectivity index is 2.55. The molecule has 3 atom stereocenters. The molecule has 1 aliphatic rings. The lowest BCUT2D eigenvalue weighted by Crippen LogP contribution is -2.23. The third kappa shape index (κ3) is 4.55. The summed E-state index contributed by atoms with van der Waals surface area (Å²) in [6.07, 6.45) is 8.55. The van der Waals surface area contributed by atoms with Gasteiger partial charge in [0.2, 0.25) is 0 Å². The molecule has 0 spiro atoms. The summed E-state index contributed by atoms with van der Waals surface area (Å²) >= 11 is 0. The Morgan fingerprint density at radius 3 is 1.93 bits per heavy atom. The molecule has 0 aromatic rings. The lowest BCUT2D eigenvalue weighted by molar-refractivity contribution is 0.247. The van der Waals surface area contributed by atoms with Crippen LogP contribution >= 0.6 is 0 Å². The molecule has 1 rings (SSSR count). The maximum Gasteiger partial charge on any atom is -0.00489 e. The minimum absolute atomic E-state index is 0.716. The standard InChI is InChI=1S/C14H29N/c1-11-6-4-5-7-12(2)9-14(8-11)13(3)10-15/h11-14H,4-10,15H2,1-3H3. The molecule has 0 radical (unpaired) electrons. The Kier molecular flexibility index (Phi) is 5.66. The highest BCUT2D eigenvalue weighted by Gasteiger charge is 2.22. The molecule has 0 amide bonds. The predicted molar refractivity (Wildman–Crippen MR) is 67.7 cm³/mol. The maximum absolute atomic E-state index is 5.82. The van der Waals surface area contributed by atoms with Gasteiger partial charge in [0.05, 0.1) is 0 Å². The minimum atomic E-state index is 0.716. The van der Waals surface area contributed by atoms with Crippen LogP contribution in [0.2, 0.25) is 0 Å². The second kappa shape index (κ2) is 6.52. The summed E-state index contributed by atoms with van der Waals surface area (Å²) in [4.78, 5) is 0. The van der Waals surface area contributed by atoms with Crippen LogP contribution in [0.3, 0.4) is 0 Å². The van der Waals surface area contributed by atoms with Crippen molar-refractivity contribution in [2.45, 2.75) is 59.3 Å². The second-order valence-corrected chi connectivity index (χ2v) is 5.94. The topological polar surface area (TPSA) is 26.0 Å². The molecule has 0 heterocycles. The van der Waals surface area contributed by atoms with Gasteiger partial charge in [-0.05, 0) is 43.1 Å². The Hall–Kier alpha value is -0.0400. The molecule has 0 aliphatic heterocycles. The molecule has 15 heavy (non-hydrogen) atoms. The van der Waals surface area contributed by atoms with Crippen molar-refractivity contribution in [3.8, 4) is 0 Å². The van der Waals surface area contributed by atoms with Gasteiger partial charge < -0.3 is 5.73 Å². The summed E-state index contributed by atoms with van der Waals surface area (Å²) in [5, 5.41) is 0. The number of nitrogens with two attached hydrogens (primary N) is 1. The zero-order chi connectivity index (χ0) is 11.3. The highest BCUT2D eigenvalue weighted by Crippen LogP contribution is 2.32. The molecule has 3 unspecified atom stereocenters. The number of hydrogen-bond acceptors (Lipinski definition) is 1. The molecule has 1 nitrogen and oxygen atoms in total. The third-order valence-electron chi connectivity index (χ3n) is 4.23. The average Bonchev–Trinajstić information content (AvgIpc) is 2.29. The van der Waals surface area contributed by atoms with Crippen LogP contribution in [0.15, 0.2) is 0 Å². The van der Waals surface area contributed by atoms with Crippen LogP contribution in [-0.2, 0) is 0 Å². The van der Waals surface area contributed by atoms with Crippen molar-refractivity contribution in [3.63, 3.8) is 0 Å². The monoisotopic (exact) mass is 211 g/mol. The first-order valence-corrected chi connectivity index (χ1v) is 6.83. The van der Waals surface area contributed by atoms with Gasteiger partial charge in [-0.2, -0.15) is 0 Å². The fourth-order valence-electron chi connectivity index (χ4n) is 3.01. The Bertz CT molecular complexity index is 153. The van der Waals surface area contributed by atoms with Crippen LogP contribution in [0.4, 0.5) is 0 Å². The summed E-state index contributed by atoms with van der Waals surface area (Å²) in [5.41, 5.74) is 5.82. The first-order chi connectivity index (χ1) is 7.13. The van der Waals surface area contributed by atoms with E-state index in [1.165, 1.54) is 38.5 Å². The lowest BCUT2D eigenvalue weighted by atomic mass is 9.80. The van der Waals surface area contributed by atoms with Crippen molar-refractivity contribution in [1.82, 2.24) is 0 Å². The van der Waals surface area contributed by atoms with Crippen molar-refractivity contribution in [2.24, 2.45) is 29.4 Å². The van der Waals surface area contributed by atoms with Gasteiger partial charge in [-0.25, -0.2) is 0 Å². The summed E-state index contributed by atoms with van der Waals surface area (Å²) in [6, 6.07) is 0. The molecule has 1 heteroatoms. The zero-order valence-electron chi connectivity index (χ0n) is 10.8. The smallest absolute Gasteiger partial charge is 0.00489 e. The molecular weight excluding hydrogens is 182 g/mol. The fourth-order valence-corrected chi connectivity index (χ4v) is 3.01. The van der Waals surface area contributed by atoms with E-state index in [0.29, 0.717) is 5.92 Å². The molecule has 2 N–H and O–H groups in total. The quantitative estimate of drug-likeness (QED) is 0.738. The zero-order valence-corrected chi connectivity index (χ0v) is 10.8. The van der Waals surface area contributed by atoms with E-state index >= 15 is 0 Å². The summed E-state index contributed by atoms with van der Waals surface area (Å²) in [6.45, 7) is 8.05. The molecular formula is C14H29N. The molecule has 1 fully saturated rings. The summed E-state index contributed by atoms with van der Waals surface area (Å²) < 4.78 is 0. The van der Waals surface area contributed by atoms with E-state index in [-0.39, 0.29) is 0 Å². The van der Waals surface area contributed by atoms with E-state index in [0.717, 1.165) is 24.3 Å².